The van der Waals surface area contributed by atoms with Crippen molar-refractivity contribution in [3.8, 4) is 0 Å². The second-order valence-corrected chi connectivity index (χ2v) is 7.70. The summed E-state index contributed by atoms with van der Waals surface area (Å²) in [7, 11) is 0. The first-order valence-corrected chi connectivity index (χ1v) is 10.4. The first-order chi connectivity index (χ1) is 14.3. The van der Waals surface area contributed by atoms with Gasteiger partial charge in [0.25, 0.3) is 0 Å². The Morgan fingerprint density at radius 1 is 0.862 bits per heavy atom. The van der Waals surface area contributed by atoms with E-state index in [9.17, 15) is 0 Å². The summed E-state index contributed by atoms with van der Waals surface area (Å²) in [5, 5.41) is 0. The average molecular weight is 388 g/mol. The number of morpholine rings is 1. The van der Waals surface area contributed by atoms with Crippen molar-refractivity contribution in [3.63, 3.8) is 0 Å². The zero-order valence-corrected chi connectivity index (χ0v) is 17.1. The molecule has 0 bridgehead atoms. The molecule has 0 amide bonds. The molecule has 0 atom stereocenters. The number of rotatable bonds is 7. The fourth-order valence-electron chi connectivity index (χ4n) is 3.87. The molecular weight excluding hydrogens is 358 g/mol. The van der Waals surface area contributed by atoms with Crippen LogP contribution >= 0.6 is 0 Å². The van der Waals surface area contributed by atoms with E-state index >= 15 is 0 Å². The van der Waals surface area contributed by atoms with Gasteiger partial charge in [-0.25, -0.2) is 0 Å². The molecule has 2 aromatic carbocycles. The van der Waals surface area contributed by atoms with Crippen molar-refractivity contribution in [1.82, 2.24) is 9.88 Å². The van der Waals surface area contributed by atoms with Crippen LogP contribution in [0.3, 0.4) is 0 Å². The minimum absolute atomic E-state index is 0.817. The Morgan fingerprint density at radius 2 is 1.55 bits per heavy atom. The topological polar surface area (TPSA) is 28.6 Å². The molecule has 3 aromatic rings. The van der Waals surface area contributed by atoms with Crippen LogP contribution in [-0.2, 0) is 24.4 Å². The molecule has 150 valence electrons. The summed E-state index contributed by atoms with van der Waals surface area (Å²) >= 11 is 0. The Bertz CT molecular complexity index is 851. The number of aryl methyl sites for hydroxylation is 1. The van der Waals surface area contributed by atoms with Gasteiger partial charge in [-0.05, 0) is 53.4 Å². The van der Waals surface area contributed by atoms with Gasteiger partial charge >= 0.3 is 0 Å². The van der Waals surface area contributed by atoms with Crippen LogP contribution in [0.15, 0.2) is 73.1 Å². The Morgan fingerprint density at radius 3 is 2.24 bits per heavy atom. The third kappa shape index (κ3) is 5.43. The molecule has 1 aliphatic rings. The first-order valence-electron chi connectivity index (χ1n) is 10.4. The van der Waals surface area contributed by atoms with Gasteiger partial charge in [0, 0.05) is 50.8 Å². The molecule has 2 heterocycles. The van der Waals surface area contributed by atoms with Crippen molar-refractivity contribution in [2.75, 3.05) is 31.2 Å². The number of ether oxygens (including phenoxy) is 1. The number of hydrogen-bond donors (Lipinski definition) is 0. The van der Waals surface area contributed by atoms with Gasteiger partial charge in [-0.2, -0.15) is 0 Å². The summed E-state index contributed by atoms with van der Waals surface area (Å²) in [6.07, 6.45) is 3.75. The van der Waals surface area contributed by atoms with Gasteiger partial charge in [0.1, 0.15) is 0 Å². The van der Waals surface area contributed by atoms with Crippen molar-refractivity contribution in [3.05, 3.63) is 95.3 Å². The van der Waals surface area contributed by atoms with Gasteiger partial charge in [0.15, 0.2) is 0 Å². The van der Waals surface area contributed by atoms with E-state index in [0.717, 1.165) is 45.9 Å². The Balaban J connectivity index is 1.51. The normalized spacial score (nSPS) is 14.3. The largest absolute Gasteiger partial charge is 0.378 e. The van der Waals surface area contributed by atoms with Gasteiger partial charge in [-0.15, -0.1) is 0 Å². The fourth-order valence-corrected chi connectivity index (χ4v) is 3.87. The van der Waals surface area contributed by atoms with Crippen LogP contribution in [0.5, 0.6) is 0 Å². The molecule has 1 aliphatic heterocycles. The number of anilines is 1. The maximum absolute atomic E-state index is 5.49. The van der Waals surface area contributed by atoms with E-state index < -0.39 is 0 Å². The summed E-state index contributed by atoms with van der Waals surface area (Å²) in [5.41, 5.74) is 6.66. The summed E-state index contributed by atoms with van der Waals surface area (Å²) < 4.78 is 5.49. The summed E-state index contributed by atoms with van der Waals surface area (Å²) in [5.74, 6) is 0. The van der Waals surface area contributed by atoms with E-state index in [4.69, 9.17) is 4.74 Å². The SMILES string of the molecule is Cc1cc(N2CCOCC2)ccc1CN(Cc1ccccc1)Cc1ccncc1. The van der Waals surface area contributed by atoms with E-state index in [2.05, 4.69) is 82.4 Å². The Kier molecular flexibility index (Phi) is 6.55. The predicted molar refractivity (Wildman–Crippen MR) is 118 cm³/mol. The van der Waals surface area contributed by atoms with Crippen molar-refractivity contribution in [2.45, 2.75) is 26.6 Å². The lowest BCUT2D eigenvalue weighted by molar-refractivity contribution is 0.122. The minimum Gasteiger partial charge on any atom is -0.378 e. The van der Waals surface area contributed by atoms with E-state index in [1.54, 1.807) is 0 Å². The fraction of sp³-hybridized carbons (Fsp3) is 0.320. The molecular formula is C25H29N3O. The molecule has 4 heteroatoms. The monoisotopic (exact) mass is 387 g/mol. The summed E-state index contributed by atoms with van der Waals surface area (Å²) in [6, 6.07) is 21.8. The number of benzene rings is 2. The van der Waals surface area contributed by atoms with Crippen molar-refractivity contribution < 1.29 is 4.74 Å². The molecule has 0 radical (unpaired) electrons. The molecule has 1 saturated heterocycles. The number of pyridine rings is 1. The highest BCUT2D eigenvalue weighted by molar-refractivity contribution is 5.51. The minimum atomic E-state index is 0.817. The summed E-state index contributed by atoms with van der Waals surface area (Å²) in [4.78, 5) is 9.07. The first kappa shape index (κ1) is 19.6. The molecule has 0 N–H and O–H groups in total. The molecule has 0 aliphatic carbocycles. The number of hydrogen-bond acceptors (Lipinski definition) is 4. The third-order valence-electron chi connectivity index (χ3n) is 5.50. The second-order valence-electron chi connectivity index (χ2n) is 7.70. The van der Waals surface area contributed by atoms with Gasteiger partial charge in [0.2, 0.25) is 0 Å². The maximum atomic E-state index is 5.49. The highest BCUT2D eigenvalue weighted by Gasteiger charge is 2.14. The van der Waals surface area contributed by atoms with E-state index in [-0.39, 0.29) is 0 Å². The average Bonchev–Trinajstić information content (AvgIpc) is 2.77. The van der Waals surface area contributed by atoms with Crippen molar-refractivity contribution >= 4 is 5.69 Å². The van der Waals surface area contributed by atoms with Gasteiger partial charge < -0.3 is 9.64 Å². The van der Waals surface area contributed by atoms with Crippen LogP contribution in [0, 0.1) is 6.92 Å². The van der Waals surface area contributed by atoms with Gasteiger partial charge in [0.05, 0.1) is 13.2 Å². The molecule has 0 spiro atoms. The summed E-state index contributed by atoms with van der Waals surface area (Å²) in [6.45, 7) is 8.56. The van der Waals surface area contributed by atoms with Crippen molar-refractivity contribution in [2.24, 2.45) is 0 Å². The molecule has 29 heavy (non-hydrogen) atoms. The highest BCUT2D eigenvalue weighted by atomic mass is 16.5. The van der Waals surface area contributed by atoms with E-state index in [0.29, 0.717) is 0 Å². The molecule has 1 fully saturated rings. The van der Waals surface area contributed by atoms with Crippen LogP contribution in [0.2, 0.25) is 0 Å². The molecule has 0 unspecified atom stereocenters. The number of aromatic nitrogens is 1. The lowest BCUT2D eigenvalue weighted by Gasteiger charge is -2.30. The van der Waals surface area contributed by atoms with Gasteiger partial charge in [-0.1, -0.05) is 36.4 Å². The number of nitrogens with zero attached hydrogens (tertiary/aromatic N) is 3. The van der Waals surface area contributed by atoms with E-state index in [1.807, 2.05) is 12.4 Å². The standard InChI is InChI=1S/C25H29N3O/c1-21-17-25(28-13-15-29-16-14-28)8-7-24(21)20-27(18-22-5-3-2-4-6-22)19-23-9-11-26-12-10-23/h2-12,17H,13-16,18-20H2,1H3. The third-order valence-corrected chi connectivity index (χ3v) is 5.50. The predicted octanol–water partition coefficient (Wildman–Crippen LogP) is 4.43. The Labute approximate surface area is 173 Å². The smallest absolute Gasteiger partial charge is 0.0642 e. The maximum Gasteiger partial charge on any atom is 0.0642 e. The van der Waals surface area contributed by atoms with Gasteiger partial charge in [-0.3, -0.25) is 9.88 Å². The lowest BCUT2D eigenvalue weighted by Crippen LogP contribution is -2.36. The molecule has 0 saturated carbocycles. The van der Waals surface area contributed by atoms with E-state index in [1.165, 1.54) is 27.9 Å². The zero-order chi connectivity index (χ0) is 19.9. The lowest BCUT2D eigenvalue weighted by atomic mass is 10.1. The quantitative estimate of drug-likeness (QED) is 0.600. The van der Waals surface area contributed by atoms with Crippen LogP contribution in [0.4, 0.5) is 5.69 Å². The van der Waals surface area contributed by atoms with Crippen LogP contribution in [0.25, 0.3) is 0 Å². The highest BCUT2D eigenvalue weighted by Crippen LogP contribution is 2.23. The van der Waals surface area contributed by atoms with Crippen LogP contribution in [0.1, 0.15) is 22.3 Å². The second kappa shape index (κ2) is 9.68. The molecule has 4 nitrogen and oxygen atoms in total. The zero-order valence-electron chi connectivity index (χ0n) is 17.1. The Hall–Kier alpha value is -2.69. The van der Waals surface area contributed by atoms with Crippen LogP contribution in [-0.4, -0.2) is 36.2 Å². The van der Waals surface area contributed by atoms with Crippen LogP contribution < -0.4 is 4.90 Å². The molecule has 1 aromatic heterocycles. The molecule has 4 rings (SSSR count). The van der Waals surface area contributed by atoms with Crippen molar-refractivity contribution in [1.29, 1.82) is 0 Å².